The van der Waals surface area contributed by atoms with Crippen molar-refractivity contribution < 1.29 is 14.7 Å². The van der Waals surface area contributed by atoms with Crippen molar-refractivity contribution in [2.24, 2.45) is 5.41 Å². The van der Waals surface area contributed by atoms with Crippen molar-refractivity contribution in [3.05, 3.63) is 28.2 Å². The van der Waals surface area contributed by atoms with Gasteiger partial charge in [-0.3, -0.25) is 9.59 Å². The second-order valence-corrected chi connectivity index (χ2v) is 6.35. The highest BCUT2D eigenvalue weighted by molar-refractivity contribution is 9.10. The van der Waals surface area contributed by atoms with Gasteiger partial charge in [-0.2, -0.15) is 0 Å². The monoisotopic (exact) mass is 340 g/mol. The molecule has 0 radical (unpaired) electrons. The Labute approximate surface area is 125 Å². The van der Waals surface area contributed by atoms with E-state index in [0.29, 0.717) is 37.2 Å². The first kappa shape index (κ1) is 14.8. The summed E-state index contributed by atoms with van der Waals surface area (Å²) in [6, 6.07) is 5.09. The normalized spacial score (nSPS) is 17.8. The number of likely N-dealkylation sites (tertiary alicyclic amines) is 1. The minimum atomic E-state index is -0.795. The van der Waals surface area contributed by atoms with Crippen molar-refractivity contribution >= 4 is 33.5 Å². The first-order valence-electron chi connectivity index (χ1n) is 6.40. The van der Waals surface area contributed by atoms with Crippen LogP contribution in [0.5, 0.6) is 0 Å². The van der Waals surface area contributed by atoms with Crippen LogP contribution in [0.1, 0.15) is 30.1 Å². The fourth-order valence-electron chi connectivity index (χ4n) is 2.34. The Kier molecular flexibility index (Phi) is 4.04. The van der Waals surface area contributed by atoms with E-state index in [1.54, 1.807) is 30.0 Å². The van der Waals surface area contributed by atoms with Crippen molar-refractivity contribution in [3.8, 4) is 0 Å². The van der Waals surface area contributed by atoms with Crippen LogP contribution in [0.25, 0.3) is 0 Å². The maximum Gasteiger partial charge on any atom is 0.309 e. The molecule has 1 fully saturated rings. The molecule has 0 saturated carbocycles. The SMILES string of the molecule is CC1(C(=O)O)CCN(C(=O)c2cc(N)cc(Br)c2)CC1. The molecule has 0 aliphatic carbocycles. The standard InChI is InChI=1S/C14H17BrN2O3/c1-14(13(19)20)2-4-17(5-3-14)12(18)9-6-10(15)8-11(16)7-9/h6-8H,2-5,16H2,1H3,(H,19,20). The van der Waals surface area contributed by atoms with E-state index < -0.39 is 11.4 Å². The third kappa shape index (κ3) is 2.95. The number of anilines is 1. The molecule has 20 heavy (non-hydrogen) atoms. The summed E-state index contributed by atoms with van der Waals surface area (Å²) in [5.74, 6) is -0.901. The van der Waals surface area contributed by atoms with Crippen molar-refractivity contribution in [1.29, 1.82) is 0 Å². The number of carbonyl (C=O) groups is 2. The van der Waals surface area contributed by atoms with Crippen molar-refractivity contribution in [3.63, 3.8) is 0 Å². The number of hydrogen-bond acceptors (Lipinski definition) is 3. The van der Waals surface area contributed by atoms with Crippen LogP contribution in [-0.2, 0) is 4.79 Å². The van der Waals surface area contributed by atoms with Gasteiger partial charge in [0.05, 0.1) is 5.41 Å². The van der Waals surface area contributed by atoms with Gasteiger partial charge in [0, 0.05) is 28.8 Å². The molecule has 0 aromatic heterocycles. The summed E-state index contributed by atoms with van der Waals surface area (Å²) in [5.41, 5.74) is 6.05. The largest absolute Gasteiger partial charge is 0.481 e. The third-order valence-corrected chi connectivity index (χ3v) is 4.30. The lowest BCUT2D eigenvalue weighted by molar-refractivity contribution is -0.150. The number of nitrogen functional groups attached to an aromatic ring is 1. The highest BCUT2D eigenvalue weighted by Crippen LogP contribution is 2.32. The number of aliphatic carboxylic acids is 1. The van der Waals surface area contributed by atoms with Crippen LogP contribution < -0.4 is 5.73 Å². The van der Waals surface area contributed by atoms with E-state index in [1.807, 2.05) is 0 Å². The van der Waals surface area contributed by atoms with Gasteiger partial charge >= 0.3 is 5.97 Å². The summed E-state index contributed by atoms with van der Waals surface area (Å²) in [5, 5.41) is 9.19. The van der Waals surface area contributed by atoms with Crippen LogP contribution in [0.2, 0.25) is 0 Å². The van der Waals surface area contributed by atoms with Crippen LogP contribution in [0.15, 0.2) is 22.7 Å². The summed E-state index contributed by atoms with van der Waals surface area (Å²) < 4.78 is 0.758. The van der Waals surface area contributed by atoms with Gasteiger partial charge in [-0.25, -0.2) is 0 Å². The molecule has 5 nitrogen and oxygen atoms in total. The second kappa shape index (κ2) is 5.44. The van der Waals surface area contributed by atoms with Crippen molar-refractivity contribution in [2.45, 2.75) is 19.8 Å². The van der Waals surface area contributed by atoms with Gasteiger partial charge < -0.3 is 15.7 Å². The quantitative estimate of drug-likeness (QED) is 0.809. The maximum atomic E-state index is 12.4. The predicted molar refractivity (Wildman–Crippen MR) is 79.4 cm³/mol. The Morgan fingerprint density at radius 2 is 1.90 bits per heavy atom. The first-order chi connectivity index (χ1) is 9.32. The number of carbonyl (C=O) groups excluding carboxylic acids is 1. The molecule has 0 unspecified atom stereocenters. The van der Waals surface area contributed by atoms with E-state index in [0.717, 1.165) is 4.47 Å². The molecule has 0 spiro atoms. The maximum absolute atomic E-state index is 12.4. The van der Waals surface area contributed by atoms with Crippen molar-refractivity contribution in [1.82, 2.24) is 4.90 Å². The summed E-state index contributed by atoms with van der Waals surface area (Å²) in [4.78, 5) is 25.3. The van der Waals surface area contributed by atoms with Gasteiger partial charge in [-0.05, 0) is 38.0 Å². The predicted octanol–water partition coefficient (Wildman–Crippen LogP) is 2.36. The molecule has 1 aliphatic heterocycles. The van der Waals surface area contributed by atoms with Crippen molar-refractivity contribution in [2.75, 3.05) is 18.8 Å². The zero-order chi connectivity index (χ0) is 14.9. The molecule has 0 atom stereocenters. The number of halogens is 1. The van der Waals surface area contributed by atoms with Crippen LogP contribution >= 0.6 is 15.9 Å². The van der Waals surface area contributed by atoms with Gasteiger partial charge in [-0.15, -0.1) is 0 Å². The molecule has 6 heteroatoms. The van der Waals surface area contributed by atoms with Gasteiger partial charge in [0.15, 0.2) is 0 Å². The summed E-state index contributed by atoms with van der Waals surface area (Å²) in [6.07, 6.45) is 0.940. The molecule has 1 aliphatic rings. The van der Waals surface area contributed by atoms with Gasteiger partial charge in [0.25, 0.3) is 5.91 Å². The molecule has 0 bridgehead atoms. The fourth-order valence-corrected chi connectivity index (χ4v) is 2.85. The zero-order valence-corrected chi connectivity index (χ0v) is 12.8. The number of benzene rings is 1. The lowest BCUT2D eigenvalue weighted by Crippen LogP contribution is -2.45. The molecule has 1 amide bonds. The smallest absolute Gasteiger partial charge is 0.309 e. The number of carboxylic acid groups (broad SMARTS) is 1. The van der Waals surface area contributed by atoms with Crippen LogP contribution in [0.3, 0.4) is 0 Å². The Bertz CT molecular complexity index is 531. The van der Waals surface area contributed by atoms with E-state index in [1.165, 1.54) is 0 Å². The number of piperidine rings is 1. The topological polar surface area (TPSA) is 83.6 Å². The third-order valence-electron chi connectivity index (χ3n) is 3.84. The summed E-state index contributed by atoms with van der Waals surface area (Å²) >= 11 is 3.31. The number of hydrogen-bond donors (Lipinski definition) is 2. The summed E-state index contributed by atoms with van der Waals surface area (Å²) in [6.45, 7) is 2.64. The summed E-state index contributed by atoms with van der Waals surface area (Å²) in [7, 11) is 0. The average Bonchev–Trinajstić information content (AvgIpc) is 2.37. The van der Waals surface area contributed by atoms with E-state index in [9.17, 15) is 14.7 Å². The Morgan fingerprint density at radius 1 is 1.30 bits per heavy atom. The highest BCUT2D eigenvalue weighted by Gasteiger charge is 2.38. The van der Waals surface area contributed by atoms with E-state index >= 15 is 0 Å². The van der Waals surface area contributed by atoms with Crippen LogP contribution in [-0.4, -0.2) is 35.0 Å². The number of nitrogens with zero attached hydrogens (tertiary/aromatic N) is 1. The molecule has 1 aromatic carbocycles. The second-order valence-electron chi connectivity index (χ2n) is 5.43. The molecule has 1 saturated heterocycles. The molecular weight excluding hydrogens is 324 g/mol. The van der Waals surface area contributed by atoms with E-state index in [-0.39, 0.29) is 5.91 Å². The molecule has 2 rings (SSSR count). The van der Waals surface area contributed by atoms with E-state index in [2.05, 4.69) is 15.9 Å². The number of amides is 1. The number of rotatable bonds is 2. The molecule has 108 valence electrons. The van der Waals surface area contributed by atoms with Gasteiger partial charge in [-0.1, -0.05) is 15.9 Å². The Balaban J connectivity index is 2.10. The molecule has 3 N–H and O–H groups in total. The van der Waals surface area contributed by atoms with Crippen LogP contribution in [0, 0.1) is 5.41 Å². The zero-order valence-electron chi connectivity index (χ0n) is 11.2. The van der Waals surface area contributed by atoms with Gasteiger partial charge in [0.2, 0.25) is 0 Å². The van der Waals surface area contributed by atoms with Crippen LogP contribution in [0.4, 0.5) is 5.69 Å². The lowest BCUT2D eigenvalue weighted by Gasteiger charge is -2.36. The van der Waals surface area contributed by atoms with E-state index in [4.69, 9.17) is 5.73 Å². The molecule has 1 aromatic rings. The molecular formula is C14H17BrN2O3. The average molecular weight is 341 g/mol. The Hall–Kier alpha value is -1.56. The minimum absolute atomic E-state index is 0.106. The fraction of sp³-hybridized carbons (Fsp3) is 0.429. The number of carboxylic acids is 1. The Morgan fingerprint density at radius 3 is 2.40 bits per heavy atom. The molecule has 1 heterocycles. The minimum Gasteiger partial charge on any atom is -0.481 e. The first-order valence-corrected chi connectivity index (χ1v) is 7.20. The highest BCUT2D eigenvalue weighted by atomic mass is 79.9. The lowest BCUT2D eigenvalue weighted by atomic mass is 9.80. The number of nitrogens with two attached hydrogens (primary N) is 1. The van der Waals surface area contributed by atoms with Gasteiger partial charge in [0.1, 0.15) is 0 Å².